The molecule has 2 nitrogen and oxygen atoms in total. The lowest BCUT2D eigenvalue weighted by Gasteiger charge is -1.88. The number of rotatable bonds is 3. The van der Waals surface area contributed by atoms with Crippen LogP contribution in [0.15, 0.2) is 17.5 Å². The number of carbonyl (C=O) groups excluding carboxylic acids is 1. The molecule has 0 aliphatic carbocycles. The van der Waals surface area contributed by atoms with E-state index in [1.54, 1.807) is 17.4 Å². The van der Waals surface area contributed by atoms with Crippen LogP contribution in [0.3, 0.4) is 0 Å². The lowest BCUT2D eigenvalue weighted by Crippen LogP contribution is -2.07. The predicted octanol–water partition coefficient (Wildman–Crippen LogP) is 1.95. The van der Waals surface area contributed by atoms with E-state index >= 15 is 0 Å². The molecule has 0 aromatic carbocycles. The largest absolute Gasteiger partial charge is 0.369 e. The number of carbonyl (C=O) groups is 1. The van der Waals surface area contributed by atoms with Crippen LogP contribution < -0.4 is 5.73 Å². The second kappa shape index (κ2) is 4.07. The van der Waals surface area contributed by atoms with Gasteiger partial charge in [-0.25, -0.2) is 0 Å². The Bertz CT molecular complexity index is 301. The highest BCUT2D eigenvalue weighted by Gasteiger charge is 1.93. The molecule has 3 heteroatoms. The first-order chi connectivity index (χ1) is 5.70. The van der Waals surface area contributed by atoms with Crippen LogP contribution in [0.1, 0.15) is 16.9 Å². The van der Waals surface area contributed by atoms with Crippen LogP contribution in [0.5, 0.6) is 0 Å². The molecule has 0 radical (unpaired) electrons. The summed E-state index contributed by atoms with van der Waals surface area (Å²) >= 11 is 1.70. The van der Waals surface area contributed by atoms with Gasteiger partial charge in [0, 0.05) is 11.3 Å². The number of aryl methyl sites for hydroxylation is 1. The maximum atomic E-state index is 10.4. The Balaban J connectivity index is 2.57. The van der Waals surface area contributed by atoms with E-state index in [9.17, 15) is 4.79 Å². The molecule has 12 heavy (non-hydrogen) atoms. The minimum Gasteiger partial charge on any atom is -0.369 e. The number of thiophene rings is 1. The maximum Gasteiger partial charge on any atom is 0.221 e. The SMILES string of the molecule is Cc1sccc1C=CCC(N)=O. The Kier molecular flexibility index (Phi) is 3.05. The van der Waals surface area contributed by atoms with Crippen LogP contribution in [-0.4, -0.2) is 5.91 Å². The van der Waals surface area contributed by atoms with Gasteiger partial charge in [-0.2, -0.15) is 0 Å². The Morgan fingerprint density at radius 2 is 2.50 bits per heavy atom. The molecule has 0 saturated heterocycles. The van der Waals surface area contributed by atoms with E-state index in [1.807, 2.05) is 17.5 Å². The van der Waals surface area contributed by atoms with Crippen molar-refractivity contribution in [2.75, 3.05) is 0 Å². The number of hydrogen-bond acceptors (Lipinski definition) is 2. The highest BCUT2D eigenvalue weighted by molar-refractivity contribution is 7.10. The van der Waals surface area contributed by atoms with Crippen LogP contribution in [0.25, 0.3) is 6.08 Å². The van der Waals surface area contributed by atoms with E-state index in [4.69, 9.17) is 5.73 Å². The molecule has 0 atom stereocenters. The Morgan fingerprint density at radius 3 is 3.00 bits per heavy atom. The molecule has 64 valence electrons. The van der Waals surface area contributed by atoms with Crippen molar-refractivity contribution < 1.29 is 4.79 Å². The van der Waals surface area contributed by atoms with E-state index in [0.717, 1.165) is 0 Å². The molecule has 2 N–H and O–H groups in total. The molecule has 0 bridgehead atoms. The van der Waals surface area contributed by atoms with Crippen LogP contribution in [-0.2, 0) is 4.79 Å². The van der Waals surface area contributed by atoms with Gasteiger partial charge in [-0.05, 0) is 23.9 Å². The summed E-state index contributed by atoms with van der Waals surface area (Å²) in [6, 6.07) is 2.03. The molecule has 1 heterocycles. The molecule has 0 spiro atoms. The van der Waals surface area contributed by atoms with Crippen molar-refractivity contribution in [2.24, 2.45) is 5.73 Å². The smallest absolute Gasteiger partial charge is 0.221 e. The molecule has 0 aliphatic heterocycles. The summed E-state index contributed by atoms with van der Waals surface area (Å²) in [5.41, 5.74) is 6.15. The third kappa shape index (κ3) is 2.51. The second-order valence-corrected chi connectivity index (χ2v) is 3.63. The minimum atomic E-state index is -0.292. The zero-order valence-electron chi connectivity index (χ0n) is 6.91. The van der Waals surface area contributed by atoms with Crippen molar-refractivity contribution >= 4 is 23.3 Å². The minimum absolute atomic E-state index is 0.292. The zero-order chi connectivity index (χ0) is 8.97. The Morgan fingerprint density at radius 1 is 1.75 bits per heavy atom. The van der Waals surface area contributed by atoms with Crippen molar-refractivity contribution in [2.45, 2.75) is 13.3 Å². The molecule has 1 amide bonds. The van der Waals surface area contributed by atoms with Gasteiger partial charge in [0.1, 0.15) is 0 Å². The summed E-state index contributed by atoms with van der Waals surface area (Å²) in [5.74, 6) is -0.292. The molecule has 0 unspecified atom stereocenters. The summed E-state index contributed by atoms with van der Waals surface area (Å²) in [5, 5.41) is 2.03. The fraction of sp³-hybridized carbons (Fsp3) is 0.222. The number of primary amides is 1. The van der Waals surface area contributed by atoms with Gasteiger partial charge in [0.05, 0.1) is 0 Å². The predicted molar refractivity (Wildman–Crippen MR) is 51.9 cm³/mol. The molecule has 0 fully saturated rings. The number of amides is 1. The van der Waals surface area contributed by atoms with Crippen molar-refractivity contribution in [3.8, 4) is 0 Å². The van der Waals surface area contributed by atoms with E-state index in [2.05, 4.69) is 6.92 Å². The Labute approximate surface area is 75.7 Å². The van der Waals surface area contributed by atoms with Gasteiger partial charge in [0.2, 0.25) is 5.91 Å². The van der Waals surface area contributed by atoms with E-state index in [-0.39, 0.29) is 5.91 Å². The highest BCUT2D eigenvalue weighted by Crippen LogP contribution is 2.16. The standard InChI is InChI=1S/C9H11NOS/c1-7-8(5-6-12-7)3-2-4-9(10)11/h2-3,5-6H,4H2,1H3,(H2,10,11). The fourth-order valence-electron chi connectivity index (χ4n) is 0.870. The van der Waals surface area contributed by atoms with Crippen molar-refractivity contribution in [3.05, 3.63) is 28.0 Å². The molecule has 0 saturated carbocycles. The normalized spacial score (nSPS) is 10.8. The van der Waals surface area contributed by atoms with Gasteiger partial charge >= 0.3 is 0 Å². The van der Waals surface area contributed by atoms with Crippen molar-refractivity contribution in [1.29, 1.82) is 0 Å². The van der Waals surface area contributed by atoms with Crippen LogP contribution >= 0.6 is 11.3 Å². The quantitative estimate of drug-likeness (QED) is 0.761. The van der Waals surface area contributed by atoms with Crippen molar-refractivity contribution in [3.63, 3.8) is 0 Å². The van der Waals surface area contributed by atoms with E-state index < -0.39 is 0 Å². The number of nitrogens with two attached hydrogens (primary N) is 1. The molecule has 1 rings (SSSR count). The van der Waals surface area contributed by atoms with E-state index in [0.29, 0.717) is 6.42 Å². The third-order valence-electron chi connectivity index (χ3n) is 1.52. The summed E-state index contributed by atoms with van der Waals surface area (Å²) in [6.07, 6.45) is 4.03. The monoisotopic (exact) mass is 181 g/mol. The maximum absolute atomic E-state index is 10.4. The third-order valence-corrected chi connectivity index (χ3v) is 2.38. The first-order valence-corrected chi connectivity index (χ1v) is 4.57. The van der Waals surface area contributed by atoms with Crippen LogP contribution in [0.4, 0.5) is 0 Å². The fourth-order valence-corrected chi connectivity index (χ4v) is 1.56. The summed E-state index contributed by atoms with van der Waals surface area (Å²) in [4.78, 5) is 11.6. The lowest BCUT2D eigenvalue weighted by atomic mass is 10.2. The first kappa shape index (κ1) is 9.00. The van der Waals surface area contributed by atoms with Gasteiger partial charge in [0.25, 0.3) is 0 Å². The average molecular weight is 181 g/mol. The first-order valence-electron chi connectivity index (χ1n) is 3.69. The van der Waals surface area contributed by atoms with Gasteiger partial charge in [0.15, 0.2) is 0 Å². The topological polar surface area (TPSA) is 43.1 Å². The lowest BCUT2D eigenvalue weighted by molar-refractivity contribution is -0.117. The summed E-state index contributed by atoms with van der Waals surface area (Å²) in [7, 11) is 0. The summed E-state index contributed by atoms with van der Waals surface area (Å²) < 4.78 is 0. The Hall–Kier alpha value is -1.09. The molecule has 0 aliphatic rings. The molecular formula is C9H11NOS. The summed E-state index contributed by atoms with van der Waals surface area (Å²) in [6.45, 7) is 2.05. The molecule has 1 aromatic heterocycles. The van der Waals surface area contributed by atoms with Gasteiger partial charge in [-0.1, -0.05) is 12.2 Å². The van der Waals surface area contributed by atoms with Crippen LogP contribution in [0.2, 0.25) is 0 Å². The van der Waals surface area contributed by atoms with Crippen LogP contribution in [0, 0.1) is 6.92 Å². The van der Waals surface area contributed by atoms with E-state index in [1.165, 1.54) is 10.4 Å². The molecular weight excluding hydrogens is 170 g/mol. The second-order valence-electron chi connectivity index (χ2n) is 2.50. The zero-order valence-corrected chi connectivity index (χ0v) is 7.73. The van der Waals surface area contributed by atoms with Crippen molar-refractivity contribution in [1.82, 2.24) is 0 Å². The van der Waals surface area contributed by atoms with Gasteiger partial charge in [-0.15, -0.1) is 11.3 Å². The number of hydrogen-bond donors (Lipinski definition) is 1. The molecule has 1 aromatic rings. The average Bonchev–Trinajstić information content (AvgIpc) is 2.36. The van der Waals surface area contributed by atoms with Gasteiger partial charge in [-0.3, -0.25) is 4.79 Å². The van der Waals surface area contributed by atoms with Gasteiger partial charge < -0.3 is 5.73 Å². The highest BCUT2D eigenvalue weighted by atomic mass is 32.1.